The van der Waals surface area contributed by atoms with Crippen molar-refractivity contribution in [1.29, 1.82) is 5.26 Å². The van der Waals surface area contributed by atoms with E-state index < -0.39 is 0 Å². The van der Waals surface area contributed by atoms with Crippen molar-refractivity contribution in [2.75, 3.05) is 13.1 Å². The summed E-state index contributed by atoms with van der Waals surface area (Å²) in [6.45, 7) is 4.31. The fourth-order valence-electron chi connectivity index (χ4n) is 2.74. The highest BCUT2D eigenvalue weighted by molar-refractivity contribution is 5.83. The van der Waals surface area contributed by atoms with Crippen molar-refractivity contribution in [3.8, 4) is 6.07 Å². The minimum absolute atomic E-state index is 0.120. The Labute approximate surface area is 120 Å². The lowest BCUT2D eigenvalue weighted by atomic mass is 9.77. The summed E-state index contributed by atoms with van der Waals surface area (Å²) in [6, 6.07) is 9.47. The summed E-state index contributed by atoms with van der Waals surface area (Å²) in [5, 5.41) is 15.2. The molecule has 2 N–H and O–H groups in total. The number of benzene rings is 1. The maximum atomic E-state index is 12.5. The second-order valence-corrected chi connectivity index (χ2v) is 5.41. The van der Waals surface area contributed by atoms with Gasteiger partial charge in [-0.15, -0.1) is 0 Å². The van der Waals surface area contributed by atoms with E-state index in [4.69, 9.17) is 5.26 Å². The monoisotopic (exact) mass is 271 g/mol. The molecule has 1 unspecified atom stereocenters. The summed E-state index contributed by atoms with van der Waals surface area (Å²) in [5.41, 5.74) is 1.32. The molecule has 4 nitrogen and oxygen atoms in total. The van der Waals surface area contributed by atoms with Gasteiger partial charge in [0.2, 0.25) is 5.91 Å². The Hall–Kier alpha value is -1.86. The van der Waals surface area contributed by atoms with Crippen LogP contribution in [0.3, 0.4) is 0 Å². The predicted molar refractivity (Wildman–Crippen MR) is 77.8 cm³/mol. The molecule has 0 saturated carbocycles. The molecule has 1 amide bonds. The maximum absolute atomic E-state index is 12.5. The third-order valence-electron chi connectivity index (χ3n) is 4.14. The smallest absolute Gasteiger partial charge is 0.227 e. The average Bonchev–Trinajstić information content (AvgIpc) is 2.53. The molecule has 2 rings (SSSR count). The Morgan fingerprint density at radius 1 is 1.55 bits per heavy atom. The zero-order valence-corrected chi connectivity index (χ0v) is 11.9. The average molecular weight is 271 g/mol. The number of nitrogens with zero attached hydrogens (tertiary/aromatic N) is 1. The SMILES string of the molecule is CCC1(C(=O)NCc2cccc(C#N)c2)CCCNC1. The van der Waals surface area contributed by atoms with Gasteiger partial charge in [-0.2, -0.15) is 5.26 Å². The van der Waals surface area contributed by atoms with Crippen LogP contribution in [0.25, 0.3) is 0 Å². The molecule has 1 aliphatic rings. The number of nitriles is 1. The predicted octanol–water partition coefficient (Wildman–Crippen LogP) is 1.95. The van der Waals surface area contributed by atoms with Crippen LogP contribution in [-0.4, -0.2) is 19.0 Å². The Balaban J connectivity index is 1.98. The van der Waals surface area contributed by atoms with E-state index in [1.54, 1.807) is 6.07 Å². The number of nitrogens with one attached hydrogen (secondary N) is 2. The molecule has 0 radical (unpaired) electrons. The molecular weight excluding hydrogens is 250 g/mol. The lowest BCUT2D eigenvalue weighted by Gasteiger charge is -2.35. The minimum Gasteiger partial charge on any atom is -0.352 e. The van der Waals surface area contributed by atoms with Crippen LogP contribution in [0.2, 0.25) is 0 Å². The lowest BCUT2D eigenvalue weighted by Crippen LogP contribution is -2.50. The van der Waals surface area contributed by atoms with Crippen molar-refractivity contribution in [3.05, 3.63) is 35.4 Å². The van der Waals surface area contributed by atoms with E-state index >= 15 is 0 Å². The first-order valence-corrected chi connectivity index (χ1v) is 7.18. The second-order valence-electron chi connectivity index (χ2n) is 5.41. The quantitative estimate of drug-likeness (QED) is 0.879. The van der Waals surface area contributed by atoms with Crippen molar-refractivity contribution < 1.29 is 4.79 Å². The molecule has 0 spiro atoms. The number of rotatable bonds is 4. The van der Waals surface area contributed by atoms with Gasteiger partial charge in [0, 0.05) is 13.1 Å². The van der Waals surface area contributed by atoms with E-state index in [9.17, 15) is 4.79 Å². The number of carbonyl (C=O) groups excluding carboxylic acids is 1. The first-order valence-electron chi connectivity index (χ1n) is 7.18. The first kappa shape index (κ1) is 14.5. The number of carbonyl (C=O) groups is 1. The van der Waals surface area contributed by atoms with Gasteiger partial charge in [-0.3, -0.25) is 4.79 Å². The number of piperidine rings is 1. The Kier molecular flexibility index (Phi) is 4.75. The van der Waals surface area contributed by atoms with Gasteiger partial charge in [0.15, 0.2) is 0 Å². The van der Waals surface area contributed by atoms with Crippen molar-refractivity contribution >= 4 is 5.91 Å². The van der Waals surface area contributed by atoms with Gasteiger partial charge in [0.05, 0.1) is 17.0 Å². The Bertz CT molecular complexity index is 513. The number of amides is 1. The molecule has 0 aromatic heterocycles. The van der Waals surface area contributed by atoms with Crippen LogP contribution in [0.15, 0.2) is 24.3 Å². The van der Waals surface area contributed by atoms with E-state index in [2.05, 4.69) is 23.6 Å². The highest BCUT2D eigenvalue weighted by atomic mass is 16.2. The highest BCUT2D eigenvalue weighted by Crippen LogP contribution is 2.30. The molecule has 1 saturated heterocycles. The number of hydrogen-bond acceptors (Lipinski definition) is 3. The van der Waals surface area contributed by atoms with Crippen molar-refractivity contribution in [2.24, 2.45) is 5.41 Å². The van der Waals surface area contributed by atoms with Crippen LogP contribution in [0, 0.1) is 16.7 Å². The molecule has 1 aromatic carbocycles. The first-order chi connectivity index (χ1) is 9.70. The Morgan fingerprint density at radius 2 is 2.40 bits per heavy atom. The van der Waals surface area contributed by atoms with Gasteiger partial charge < -0.3 is 10.6 Å². The van der Waals surface area contributed by atoms with Crippen molar-refractivity contribution in [1.82, 2.24) is 10.6 Å². The van der Waals surface area contributed by atoms with Gasteiger partial charge in [-0.05, 0) is 43.5 Å². The van der Waals surface area contributed by atoms with Crippen LogP contribution in [0.4, 0.5) is 0 Å². The van der Waals surface area contributed by atoms with Crippen molar-refractivity contribution in [2.45, 2.75) is 32.7 Å². The molecule has 1 fully saturated rings. The molecular formula is C16H21N3O. The van der Waals surface area contributed by atoms with E-state index in [0.717, 1.165) is 37.9 Å². The van der Waals surface area contributed by atoms with Crippen LogP contribution < -0.4 is 10.6 Å². The van der Waals surface area contributed by atoms with Crippen LogP contribution in [0.1, 0.15) is 37.3 Å². The Morgan fingerprint density at radius 3 is 3.05 bits per heavy atom. The zero-order chi connectivity index (χ0) is 14.4. The van der Waals surface area contributed by atoms with Crippen LogP contribution in [-0.2, 0) is 11.3 Å². The molecule has 1 aromatic rings. The molecule has 20 heavy (non-hydrogen) atoms. The fraction of sp³-hybridized carbons (Fsp3) is 0.500. The van der Waals surface area contributed by atoms with E-state index in [-0.39, 0.29) is 11.3 Å². The minimum atomic E-state index is -0.273. The third kappa shape index (κ3) is 3.17. The standard InChI is InChI=1S/C16H21N3O/c1-2-16(7-4-8-18-12-16)15(20)19-11-14-6-3-5-13(9-14)10-17/h3,5-6,9,18H,2,4,7-8,11-12H2,1H3,(H,19,20). The molecule has 1 heterocycles. The lowest BCUT2D eigenvalue weighted by molar-refractivity contribution is -0.132. The van der Waals surface area contributed by atoms with Gasteiger partial charge in [-0.1, -0.05) is 19.1 Å². The van der Waals surface area contributed by atoms with Crippen molar-refractivity contribution in [3.63, 3.8) is 0 Å². The van der Waals surface area contributed by atoms with E-state index in [1.165, 1.54) is 0 Å². The summed E-state index contributed by atoms with van der Waals surface area (Å²) < 4.78 is 0. The molecule has 106 valence electrons. The normalized spacial score (nSPS) is 22.0. The van der Waals surface area contributed by atoms with Gasteiger partial charge in [0.1, 0.15) is 0 Å². The topological polar surface area (TPSA) is 64.9 Å². The highest BCUT2D eigenvalue weighted by Gasteiger charge is 2.37. The summed E-state index contributed by atoms with van der Waals surface area (Å²) in [7, 11) is 0. The molecule has 1 aliphatic heterocycles. The third-order valence-corrected chi connectivity index (χ3v) is 4.14. The summed E-state index contributed by atoms with van der Waals surface area (Å²) >= 11 is 0. The van der Waals surface area contributed by atoms with E-state index in [0.29, 0.717) is 12.1 Å². The van der Waals surface area contributed by atoms with Crippen LogP contribution >= 0.6 is 0 Å². The largest absolute Gasteiger partial charge is 0.352 e. The number of hydrogen-bond donors (Lipinski definition) is 2. The van der Waals surface area contributed by atoms with Gasteiger partial charge in [-0.25, -0.2) is 0 Å². The van der Waals surface area contributed by atoms with Crippen LogP contribution in [0.5, 0.6) is 0 Å². The zero-order valence-electron chi connectivity index (χ0n) is 11.9. The summed E-state index contributed by atoms with van der Waals surface area (Å²) in [4.78, 5) is 12.5. The molecule has 0 bridgehead atoms. The molecule has 4 heteroatoms. The van der Waals surface area contributed by atoms with E-state index in [1.807, 2.05) is 18.2 Å². The molecule has 0 aliphatic carbocycles. The summed E-state index contributed by atoms with van der Waals surface area (Å²) in [6.07, 6.45) is 2.84. The van der Waals surface area contributed by atoms with Gasteiger partial charge in [0.25, 0.3) is 0 Å². The fourth-order valence-corrected chi connectivity index (χ4v) is 2.74. The molecule has 1 atom stereocenters. The second kappa shape index (κ2) is 6.53. The maximum Gasteiger partial charge on any atom is 0.227 e. The summed E-state index contributed by atoms with van der Waals surface area (Å²) in [5.74, 6) is 0.120. The van der Waals surface area contributed by atoms with Gasteiger partial charge >= 0.3 is 0 Å².